The first-order valence-electron chi connectivity index (χ1n) is 9.17. The Bertz CT molecular complexity index is 779. The summed E-state index contributed by atoms with van der Waals surface area (Å²) in [5.74, 6) is 1.21. The van der Waals surface area contributed by atoms with Crippen LogP contribution in [0.2, 0.25) is 5.02 Å². The van der Waals surface area contributed by atoms with E-state index in [4.69, 9.17) is 21.1 Å². The number of hydrogen-bond acceptors (Lipinski definition) is 3. The summed E-state index contributed by atoms with van der Waals surface area (Å²) in [6.07, 6.45) is 4.18. The molecule has 3 rings (SSSR count). The predicted octanol–water partition coefficient (Wildman–Crippen LogP) is 5.51. The van der Waals surface area contributed by atoms with E-state index in [0.717, 1.165) is 37.8 Å². The molecule has 0 spiro atoms. The quantitative estimate of drug-likeness (QED) is 0.751. The highest BCUT2D eigenvalue weighted by Gasteiger charge is 2.27. The van der Waals surface area contributed by atoms with E-state index in [0.29, 0.717) is 22.2 Å². The number of rotatable bonds is 4. The highest BCUT2D eigenvalue weighted by atomic mass is 35.5. The molecule has 1 saturated heterocycles. The molecule has 2 amide bonds. The van der Waals surface area contributed by atoms with Gasteiger partial charge in [0.1, 0.15) is 0 Å². The lowest BCUT2D eigenvalue weighted by molar-refractivity contribution is 0.189. The van der Waals surface area contributed by atoms with E-state index < -0.39 is 0 Å². The lowest BCUT2D eigenvalue weighted by Gasteiger charge is -2.30. The van der Waals surface area contributed by atoms with Gasteiger partial charge in [0.05, 0.1) is 20.3 Å². The van der Waals surface area contributed by atoms with Crippen molar-refractivity contribution < 1.29 is 14.3 Å². The number of halogens is 1. The number of amides is 2. The van der Waals surface area contributed by atoms with E-state index in [1.54, 1.807) is 26.4 Å². The molecule has 0 saturated carbocycles. The largest absolute Gasteiger partial charge is 0.493 e. The van der Waals surface area contributed by atoms with Gasteiger partial charge < -0.3 is 19.7 Å². The van der Waals surface area contributed by atoms with Crippen LogP contribution in [-0.4, -0.2) is 31.7 Å². The number of urea groups is 1. The topological polar surface area (TPSA) is 50.8 Å². The third-order valence-corrected chi connectivity index (χ3v) is 5.16. The van der Waals surface area contributed by atoms with Gasteiger partial charge in [-0.05, 0) is 42.7 Å². The van der Waals surface area contributed by atoms with Crippen molar-refractivity contribution in [3.05, 3.63) is 53.1 Å². The van der Waals surface area contributed by atoms with Crippen LogP contribution in [0.1, 0.15) is 37.3 Å². The SMILES string of the molecule is COc1ccc(NC(=O)N2CCCCCC2c2ccc(Cl)cc2)cc1OC. The van der Waals surface area contributed by atoms with Crippen LogP contribution in [0.3, 0.4) is 0 Å². The van der Waals surface area contributed by atoms with E-state index in [9.17, 15) is 4.79 Å². The Labute approximate surface area is 165 Å². The Morgan fingerprint density at radius 3 is 2.48 bits per heavy atom. The fourth-order valence-electron chi connectivity index (χ4n) is 3.49. The number of methoxy groups -OCH3 is 2. The third kappa shape index (κ3) is 4.66. The van der Waals surface area contributed by atoms with Gasteiger partial charge in [0.2, 0.25) is 0 Å². The van der Waals surface area contributed by atoms with Crippen molar-refractivity contribution in [3.8, 4) is 11.5 Å². The number of likely N-dealkylation sites (tertiary alicyclic amines) is 1. The van der Waals surface area contributed by atoms with Crippen LogP contribution in [0.15, 0.2) is 42.5 Å². The number of nitrogens with one attached hydrogen (secondary N) is 1. The Balaban J connectivity index is 1.80. The van der Waals surface area contributed by atoms with Crippen molar-refractivity contribution in [1.82, 2.24) is 4.90 Å². The number of carbonyl (C=O) groups excluding carboxylic acids is 1. The average Bonchev–Trinajstić information content (AvgIpc) is 2.94. The van der Waals surface area contributed by atoms with Gasteiger partial charge in [0.25, 0.3) is 0 Å². The number of ether oxygens (including phenoxy) is 2. The molecule has 0 aliphatic carbocycles. The standard InChI is InChI=1S/C21H25ClN2O3/c1-26-19-12-11-17(14-20(19)27-2)23-21(25)24-13-5-3-4-6-18(24)15-7-9-16(22)10-8-15/h7-12,14,18H,3-6,13H2,1-2H3,(H,23,25). The second-order valence-electron chi connectivity index (χ2n) is 6.61. The summed E-state index contributed by atoms with van der Waals surface area (Å²) in [5, 5.41) is 3.70. The van der Waals surface area contributed by atoms with E-state index in [1.165, 1.54) is 0 Å². The van der Waals surface area contributed by atoms with Crippen molar-refractivity contribution in [2.24, 2.45) is 0 Å². The Morgan fingerprint density at radius 2 is 1.78 bits per heavy atom. The Kier molecular flexibility index (Phi) is 6.45. The fraction of sp³-hybridized carbons (Fsp3) is 0.381. The second kappa shape index (κ2) is 9.00. The molecule has 27 heavy (non-hydrogen) atoms. The molecule has 1 N–H and O–H groups in total. The minimum absolute atomic E-state index is 0.0462. The molecule has 1 aliphatic heterocycles. The van der Waals surface area contributed by atoms with Crippen molar-refractivity contribution in [2.45, 2.75) is 31.7 Å². The number of carbonyl (C=O) groups is 1. The summed E-state index contributed by atoms with van der Waals surface area (Å²) in [5.41, 5.74) is 1.79. The fourth-order valence-corrected chi connectivity index (χ4v) is 3.62. The summed E-state index contributed by atoms with van der Waals surface area (Å²) < 4.78 is 10.6. The van der Waals surface area contributed by atoms with Crippen LogP contribution in [0.5, 0.6) is 11.5 Å². The number of benzene rings is 2. The molecular formula is C21H25ClN2O3. The van der Waals surface area contributed by atoms with Crippen LogP contribution in [0.4, 0.5) is 10.5 Å². The van der Waals surface area contributed by atoms with E-state index >= 15 is 0 Å². The monoisotopic (exact) mass is 388 g/mol. The van der Waals surface area contributed by atoms with Crippen molar-refractivity contribution in [3.63, 3.8) is 0 Å². The minimum Gasteiger partial charge on any atom is -0.493 e. The van der Waals surface area contributed by atoms with E-state index in [-0.39, 0.29) is 12.1 Å². The summed E-state index contributed by atoms with van der Waals surface area (Å²) in [7, 11) is 3.17. The minimum atomic E-state index is -0.107. The van der Waals surface area contributed by atoms with Crippen molar-refractivity contribution in [1.29, 1.82) is 0 Å². The second-order valence-corrected chi connectivity index (χ2v) is 7.05. The average molecular weight is 389 g/mol. The number of nitrogens with zero attached hydrogens (tertiary/aromatic N) is 1. The highest BCUT2D eigenvalue weighted by Crippen LogP contribution is 2.33. The van der Waals surface area contributed by atoms with Gasteiger partial charge in [-0.2, -0.15) is 0 Å². The molecule has 1 unspecified atom stereocenters. The van der Waals surface area contributed by atoms with Crippen molar-refractivity contribution in [2.75, 3.05) is 26.1 Å². The molecule has 1 aliphatic rings. The number of anilines is 1. The third-order valence-electron chi connectivity index (χ3n) is 4.90. The lowest BCUT2D eigenvalue weighted by Crippen LogP contribution is -2.38. The zero-order chi connectivity index (χ0) is 19.2. The van der Waals surface area contributed by atoms with Crippen LogP contribution in [0, 0.1) is 0 Å². The molecule has 0 radical (unpaired) electrons. The smallest absolute Gasteiger partial charge is 0.322 e. The Hall–Kier alpha value is -2.40. The van der Waals surface area contributed by atoms with Gasteiger partial charge in [0.15, 0.2) is 11.5 Å². The van der Waals surface area contributed by atoms with Crippen LogP contribution < -0.4 is 14.8 Å². The van der Waals surface area contributed by atoms with Gasteiger partial charge in [-0.1, -0.05) is 36.6 Å². The molecular weight excluding hydrogens is 364 g/mol. The molecule has 1 heterocycles. The number of hydrogen-bond donors (Lipinski definition) is 1. The molecule has 2 aromatic rings. The maximum absolute atomic E-state index is 13.0. The van der Waals surface area contributed by atoms with Crippen molar-refractivity contribution >= 4 is 23.3 Å². The zero-order valence-corrected chi connectivity index (χ0v) is 16.5. The molecule has 1 fully saturated rings. The molecule has 5 nitrogen and oxygen atoms in total. The first-order valence-corrected chi connectivity index (χ1v) is 9.55. The maximum atomic E-state index is 13.0. The first-order chi connectivity index (χ1) is 13.1. The lowest BCUT2D eigenvalue weighted by atomic mass is 10.0. The van der Waals surface area contributed by atoms with Gasteiger partial charge in [0, 0.05) is 23.3 Å². The normalized spacial score (nSPS) is 17.1. The molecule has 2 aromatic carbocycles. The maximum Gasteiger partial charge on any atom is 0.322 e. The highest BCUT2D eigenvalue weighted by molar-refractivity contribution is 6.30. The summed E-state index contributed by atoms with van der Waals surface area (Å²) >= 11 is 6.03. The molecule has 1 atom stereocenters. The first kappa shape index (κ1) is 19.4. The van der Waals surface area contributed by atoms with Crippen LogP contribution >= 0.6 is 11.6 Å². The zero-order valence-electron chi connectivity index (χ0n) is 15.7. The summed E-state index contributed by atoms with van der Waals surface area (Å²) in [6.45, 7) is 0.729. The van der Waals surface area contributed by atoms with Gasteiger partial charge >= 0.3 is 6.03 Å². The predicted molar refractivity (Wildman–Crippen MR) is 108 cm³/mol. The molecule has 0 bridgehead atoms. The molecule has 0 aromatic heterocycles. The van der Waals surface area contributed by atoms with Gasteiger partial charge in [-0.25, -0.2) is 4.79 Å². The molecule has 6 heteroatoms. The van der Waals surface area contributed by atoms with E-state index in [1.807, 2.05) is 35.2 Å². The molecule has 144 valence electrons. The van der Waals surface area contributed by atoms with E-state index in [2.05, 4.69) is 5.32 Å². The Morgan fingerprint density at radius 1 is 1.04 bits per heavy atom. The van der Waals surface area contributed by atoms with Crippen LogP contribution in [-0.2, 0) is 0 Å². The van der Waals surface area contributed by atoms with Gasteiger partial charge in [-0.3, -0.25) is 0 Å². The summed E-state index contributed by atoms with van der Waals surface area (Å²) in [4.78, 5) is 15.0. The van der Waals surface area contributed by atoms with Crippen LogP contribution in [0.25, 0.3) is 0 Å². The summed E-state index contributed by atoms with van der Waals surface area (Å²) in [6, 6.07) is 13.1. The van der Waals surface area contributed by atoms with Gasteiger partial charge in [-0.15, -0.1) is 0 Å².